The van der Waals surface area contributed by atoms with Crippen molar-refractivity contribution in [3.63, 3.8) is 0 Å². The molecule has 0 aliphatic carbocycles. The van der Waals surface area contributed by atoms with E-state index in [-0.39, 0.29) is 5.91 Å². The first-order chi connectivity index (χ1) is 10.5. The minimum absolute atomic E-state index is 0.124. The number of benzene rings is 1. The van der Waals surface area contributed by atoms with Gasteiger partial charge in [-0.15, -0.1) is 0 Å². The van der Waals surface area contributed by atoms with Gasteiger partial charge in [0.2, 0.25) is 0 Å². The van der Waals surface area contributed by atoms with Crippen LogP contribution in [-0.2, 0) is 9.53 Å². The average molecular weight is 304 g/mol. The highest BCUT2D eigenvalue weighted by molar-refractivity contribution is 5.97. The van der Waals surface area contributed by atoms with Crippen LogP contribution in [0.4, 0.5) is 5.69 Å². The lowest BCUT2D eigenvalue weighted by atomic mass is 10.1. The number of ether oxygens (including phenoxy) is 1. The van der Waals surface area contributed by atoms with Crippen LogP contribution in [0.15, 0.2) is 18.2 Å². The molecule has 120 valence electrons. The van der Waals surface area contributed by atoms with Crippen LogP contribution in [0.5, 0.6) is 0 Å². The third-order valence-electron chi connectivity index (χ3n) is 4.09. The Kier molecular flexibility index (Phi) is 5.41. The van der Waals surface area contributed by atoms with Crippen molar-refractivity contribution in [2.45, 2.75) is 45.6 Å². The van der Waals surface area contributed by atoms with Crippen LogP contribution < -0.4 is 5.73 Å². The maximum Gasteiger partial charge on any atom is 0.341 e. The molecular formula is C17H24N2O3. The van der Waals surface area contributed by atoms with Crippen LogP contribution in [0.25, 0.3) is 0 Å². The Morgan fingerprint density at radius 1 is 1.18 bits per heavy atom. The van der Waals surface area contributed by atoms with Crippen molar-refractivity contribution < 1.29 is 14.3 Å². The van der Waals surface area contributed by atoms with Gasteiger partial charge in [-0.05, 0) is 38.3 Å². The molecular weight excluding hydrogens is 280 g/mol. The van der Waals surface area contributed by atoms with E-state index in [1.54, 1.807) is 24.0 Å². The van der Waals surface area contributed by atoms with Crippen LogP contribution >= 0.6 is 0 Å². The molecule has 0 spiro atoms. The number of esters is 1. The van der Waals surface area contributed by atoms with Crippen molar-refractivity contribution in [3.05, 3.63) is 29.3 Å². The first-order valence-electron chi connectivity index (χ1n) is 7.85. The van der Waals surface area contributed by atoms with Gasteiger partial charge in [0.15, 0.2) is 6.10 Å². The summed E-state index contributed by atoms with van der Waals surface area (Å²) >= 11 is 0. The summed E-state index contributed by atoms with van der Waals surface area (Å²) in [6, 6.07) is 5.20. The van der Waals surface area contributed by atoms with E-state index in [2.05, 4.69) is 0 Å². The fourth-order valence-corrected chi connectivity index (χ4v) is 2.68. The summed E-state index contributed by atoms with van der Waals surface area (Å²) in [4.78, 5) is 26.4. The molecule has 1 amide bonds. The predicted octanol–water partition coefficient (Wildman–Crippen LogP) is 2.53. The first-order valence-corrected chi connectivity index (χ1v) is 7.85. The van der Waals surface area contributed by atoms with Gasteiger partial charge in [-0.1, -0.05) is 25.0 Å². The molecule has 1 aromatic rings. The summed E-state index contributed by atoms with van der Waals surface area (Å²) in [6.07, 6.45) is 3.54. The van der Waals surface area contributed by atoms with E-state index in [4.69, 9.17) is 10.5 Å². The Morgan fingerprint density at radius 2 is 1.82 bits per heavy atom. The van der Waals surface area contributed by atoms with Crippen molar-refractivity contribution in [1.29, 1.82) is 0 Å². The minimum Gasteiger partial charge on any atom is -0.449 e. The zero-order chi connectivity index (χ0) is 16.1. The Hall–Kier alpha value is -2.04. The fraction of sp³-hybridized carbons (Fsp3) is 0.529. The van der Waals surface area contributed by atoms with E-state index < -0.39 is 12.1 Å². The summed E-state index contributed by atoms with van der Waals surface area (Å²) in [7, 11) is 0. The van der Waals surface area contributed by atoms with Crippen molar-refractivity contribution in [1.82, 2.24) is 4.90 Å². The van der Waals surface area contributed by atoms with E-state index in [1.807, 2.05) is 13.0 Å². The number of hydrogen-bond acceptors (Lipinski definition) is 4. The quantitative estimate of drug-likeness (QED) is 0.688. The maximum atomic E-state index is 12.4. The number of hydrogen-bond donors (Lipinski definition) is 1. The number of carbonyl (C=O) groups is 2. The van der Waals surface area contributed by atoms with Gasteiger partial charge in [-0.25, -0.2) is 4.79 Å². The topological polar surface area (TPSA) is 72.6 Å². The highest BCUT2D eigenvalue weighted by Crippen LogP contribution is 2.19. The molecule has 1 aliphatic heterocycles. The SMILES string of the molecule is Cc1cccc(C(=O)O[C@H](C)C(=O)N2CCCCCC2)c1N. The number of aryl methyl sites for hydroxylation is 1. The average Bonchev–Trinajstić information content (AvgIpc) is 2.78. The smallest absolute Gasteiger partial charge is 0.341 e. The normalized spacial score (nSPS) is 16.7. The molecule has 1 fully saturated rings. The summed E-state index contributed by atoms with van der Waals surface area (Å²) in [5.41, 5.74) is 7.44. The Morgan fingerprint density at radius 3 is 2.45 bits per heavy atom. The van der Waals surface area contributed by atoms with Crippen LogP contribution in [0.3, 0.4) is 0 Å². The Labute approximate surface area is 131 Å². The second-order valence-corrected chi connectivity index (χ2v) is 5.82. The second kappa shape index (κ2) is 7.29. The van der Waals surface area contributed by atoms with Crippen molar-refractivity contribution in [3.8, 4) is 0 Å². The number of likely N-dealkylation sites (tertiary alicyclic amines) is 1. The lowest BCUT2D eigenvalue weighted by Gasteiger charge is -2.24. The van der Waals surface area contributed by atoms with E-state index >= 15 is 0 Å². The van der Waals surface area contributed by atoms with Crippen molar-refractivity contribution in [2.24, 2.45) is 0 Å². The molecule has 0 bridgehead atoms. The van der Waals surface area contributed by atoms with Gasteiger partial charge in [-0.2, -0.15) is 0 Å². The zero-order valence-electron chi connectivity index (χ0n) is 13.3. The number of amides is 1. The number of carbonyl (C=O) groups excluding carboxylic acids is 2. The van der Waals surface area contributed by atoms with Gasteiger partial charge in [0, 0.05) is 18.8 Å². The molecule has 1 aromatic carbocycles. The number of anilines is 1. The molecule has 0 saturated carbocycles. The number of nitrogens with zero attached hydrogens (tertiary/aromatic N) is 1. The monoisotopic (exact) mass is 304 g/mol. The number of para-hydroxylation sites is 1. The van der Waals surface area contributed by atoms with Crippen molar-refractivity contribution in [2.75, 3.05) is 18.8 Å². The second-order valence-electron chi connectivity index (χ2n) is 5.82. The molecule has 5 nitrogen and oxygen atoms in total. The standard InChI is InChI=1S/C17H24N2O3/c1-12-8-7-9-14(15(12)18)17(21)22-13(2)16(20)19-10-5-3-4-6-11-19/h7-9,13H,3-6,10-11,18H2,1-2H3/t13-/m1/s1. The number of rotatable bonds is 3. The molecule has 2 rings (SSSR count). The zero-order valence-corrected chi connectivity index (χ0v) is 13.3. The van der Waals surface area contributed by atoms with Gasteiger partial charge >= 0.3 is 5.97 Å². The van der Waals surface area contributed by atoms with E-state index in [9.17, 15) is 9.59 Å². The molecule has 1 aliphatic rings. The molecule has 0 unspecified atom stereocenters. The summed E-state index contributed by atoms with van der Waals surface area (Å²) < 4.78 is 5.32. The van der Waals surface area contributed by atoms with Gasteiger partial charge < -0.3 is 15.4 Å². The minimum atomic E-state index is -0.787. The summed E-state index contributed by atoms with van der Waals surface area (Å²) in [6.45, 7) is 4.94. The Balaban J connectivity index is 2.01. The molecule has 22 heavy (non-hydrogen) atoms. The molecule has 2 N–H and O–H groups in total. The summed E-state index contributed by atoms with van der Waals surface area (Å²) in [5, 5.41) is 0. The predicted molar refractivity (Wildman–Crippen MR) is 85.5 cm³/mol. The molecule has 0 radical (unpaired) electrons. The molecule has 0 aromatic heterocycles. The largest absolute Gasteiger partial charge is 0.449 e. The van der Waals surface area contributed by atoms with Gasteiger partial charge in [0.25, 0.3) is 5.91 Å². The molecule has 5 heteroatoms. The van der Waals surface area contributed by atoms with Crippen LogP contribution in [-0.4, -0.2) is 36.0 Å². The van der Waals surface area contributed by atoms with Crippen LogP contribution in [0.2, 0.25) is 0 Å². The highest BCUT2D eigenvalue weighted by Gasteiger charge is 2.25. The van der Waals surface area contributed by atoms with Gasteiger partial charge in [0.1, 0.15) is 0 Å². The highest BCUT2D eigenvalue weighted by atomic mass is 16.5. The third kappa shape index (κ3) is 3.78. The lowest BCUT2D eigenvalue weighted by Crippen LogP contribution is -2.40. The number of nitrogen functional groups attached to an aromatic ring is 1. The first kappa shape index (κ1) is 16.3. The fourth-order valence-electron chi connectivity index (χ4n) is 2.68. The van der Waals surface area contributed by atoms with Crippen LogP contribution in [0.1, 0.15) is 48.5 Å². The third-order valence-corrected chi connectivity index (χ3v) is 4.09. The molecule has 1 saturated heterocycles. The summed E-state index contributed by atoms with van der Waals surface area (Å²) in [5.74, 6) is -0.668. The molecule has 1 atom stereocenters. The lowest BCUT2D eigenvalue weighted by molar-refractivity contribution is -0.139. The van der Waals surface area contributed by atoms with Crippen molar-refractivity contribution >= 4 is 17.6 Å². The molecule has 1 heterocycles. The number of nitrogens with two attached hydrogens (primary N) is 1. The van der Waals surface area contributed by atoms with Crippen LogP contribution in [0, 0.1) is 6.92 Å². The van der Waals surface area contributed by atoms with E-state index in [1.165, 1.54) is 0 Å². The Bertz CT molecular complexity index is 549. The van der Waals surface area contributed by atoms with E-state index in [0.717, 1.165) is 44.3 Å². The van der Waals surface area contributed by atoms with E-state index in [0.29, 0.717) is 11.3 Å². The van der Waals surface area contributed by atoms with Gasteiger partial charge in [-0.3, -0.25) is 4.79 Å². The maximum absolute atomic E-state index is 12.4. The van der Waals surface area contributed by atoms with Gasteiger partial charge in [0.05, 0.1) is 5.56 Å².